The van der Waals surface area contributed by atoms with Crippen LogP contribution in [0.25, 0.3) is 0 Å². The third kappa shape index (κ3) is 6.09. The van der Waals surface area contributed by atoms with Crippen LogP contribution in [-0.2, 0) is 6.54 Å². The molecule has 0 aliphatic carbocycles. The van der Waals surface area contributed by atoms with Gasteiger partial charge in [0.25, 0.3) is 0 Å². The molecule has 0 spiro atoms. The second-order valence-electron chi connectivity index (χ2n) is 6.38. The van der Waals surface area contributed by atoms with Crippen LogP contribution in [0.2, 0.25) is 0 Å². The standard InChI is InChI=1S/C20H35N3O3/c1-6-20(7-2,12-13-24)15-23-19(21-8-3)22-14-16-10-9-11-17(25-4)18(16)26-5/h9-11,24H,6-8,12-15H2,1-5H3,(H2,21,22,23). The van der Waals surface area contributed by atoms with Gasteiger partial charge in [-0.3, -0.25) is 0 Å². The quantitative estimate of drug-likeness (QED) is 0.415. The minimum atomic E-state index is 0.0819. The minimum Gasteiger partial charge on any atom is -0.493 e. The first-order valence-corrected chi connectivity index (χ1v) is 9.42. The molecule has 0 aliphatic heterocycles. The van der Waals surface area contributed by atoms with E-state index in [0.717, 1.165) is 43.9 Å². The summed E-state index contributed by atoms with van der Waals surface area (Å²) < 4.78 is 10.8. The summed E-state index contributed by atoms with van der Waals surface area (Å²) >= 11 is 0. The maximum absolute atomic E-state index is 9.39. The van der Waals surface area contributed by atoms with Gasteiger partial charge in [-0.25, -0.2) is 4.99 Å². The van der Waals surface area contributed by atoms with Gasteiger partial charge in [-0.2, -0.15) is 0 Å². The smallest absolute Gasteiger partial charge is 0.191 e. The van der Waals surface area contributed by atoms with E-state index in [4.69, 9.17) is 14.5 Å². The van der Waals surface area contributed by atoms with Crippen molar-refractivity contribution in [3.63, 3.8) is 0 Å². The normalized spacial score (nSPS) is 12.0. The second kappa shape index (κ2) is 11.6. The number of benzene rings is 1. The molecule has 6 heteroatoms. The fraction of sp³-hybridized carbons (Fsp3) is 0.650. The van der Waals surface area contributed by atoms with E-state index in [0.29, 0.717) is 18.0 Å². The maximum atomic E-state index is 9.39. The lowest BCUT2D eigenvalue weighted by molar-refractivity contribution is 0.169. The monoisotopic (exact) mass is 365 g/mol. The van der Waals surface area contributed by atoms with Crippen LogP contribution in [0, 0.1) is 5.41 Å². The van der Waals surface area contributed by atoms with Crippen molar-refractivity contribution in [1.29, 1.82) is 0 Å². The van der Waals surface area contributed by atoms with Gasteiger partial charge in [0, 0.05) is 25.3 Å². The summed E-state index contributed by atoms with van der Waals surface area (Å²) in [7, 11) is 3.27. The Hall–Kier alpha value is -1.95. The van der Waals surface area contributed by atoms with Gasteiger partial charge in [-0.05, 0) is 37.7 Å². The van der Waals surface area contributed by atoms with Crippen molar-refractivity contribution in [3.8, 4) is 11.5 Å². The highest BCUT2D eigenvalue weighted by atomic mass is 16.5. The Bertz CT molecular complexity index is 557. The third-order valence-electron chi connectivity index (χ3n) is 5.01. The number of rotatable bonds is 11. The van der Waals surface area contributed by atoms with E-state index >= 15 is 0 Å². The van der Waals surface area contributed by atoms with Crippen molar-refractivity contribution in [1.82, 2.24) is 10.6 Å². The molecular weight excluding hydrogens is 330 g/mol. The SMILES string of the molecule is CCNC(=NCc1cccc(OC)c1OC)NCC(CC)(CC)CCO. The van der Waals surface area contributed by atoms with Crippen molar-refractivity contribution in [2.75, 3.05) is 33.9 Å². The van der Waals surface area contributed by atoms with Crippen LogP contribution in [0.15, 0.2) is 23.2 Å². The zero-order valence-electron chi connectivity index (χ0n) is 16.9. The lowest BCUT2D eigenvalue weighted by Crippen LogP contribution is -2.43. The highest BCUT2D eigenvalue weighted by molar-refractivity contribution is 5.79. The van der Waals surface area contributed by atoms with Crippen LogP contribution in [0.5, 0.6) is 11.5 Å². The second-order valence-corrected chi connectivity index (χ2v) is 6.38. The van der Waals surface area contributed by atoms with Gasteiger partial charge in [0.05, 0.1) is 20.8 Å². The molecule has 0 saturated carbocycles. The predicted molar refractivity (Wildman–Crippen MR) is 107 cm³/mol. The summed E-state index contributed by atoms with van der Waals surface area (Å²) in [6, 6.07) is 5.80. The summed E-state index contributed by atoms with van der Waals surface area (Å²) in [6.45, 7) is 8.65. The number of aliphatic hydroxyl groups excluding tert-OH is 1. The van der Waals surface area contributed by atoms with E-state index in [1.165, 1.54) is 0 Å². The molecule has 0 amide bonds. The van der Waals surface area contributed by atoms with E-state index in [1.807, 2.05) is 25.1 Å². The summed E-state index contributed by atoms with van der Waals surface area (Å²) in [4.78, 5) is 4.70. The van der Waals surface area contributed by atoms with Gasteiger partial charge >= 0.3 is 0 Å². The van der Waals surface area contributed by atoms with E-state index in [-0.39, 0.29) is 12.0 Å². The van der Waals surface area contributed by atoms with Crippen LogP contribution in [-0.4, -0.2) is 45.0 Å². The fourth-order valence-corrected chi connectivity index (χ4v) is 3.03. The van der Waals surface area contributed by atoms with E-state index in [1.54, 1.807) is 14.2 Å². The highest BCUT2D eigenvalue weighted by Gasteiger charge is 2.25. The van der Waals surface area contributed by atoms with Crippen molar-refractivity contribution in [2.24, 2.45) is 10.4 Å². The van der Waals surface area contributed by atoms with Crippen molar-refractivity contribution >= 4 is 5.96 Å². The van der Waals surface area contributed by atoms with Gasteiger partial charge in [0.2, 0.25) is 0 Å². The van der Waals surface area contributed by atoms with Crippen molar-refractivity contribution < 1.29 is 14.6 Å². The molecule has 0 aliphatic rings. The first-order chi connectivity index (χ1) is 12.6. The van der Waals surface area contributed by atoms with Gasteiger partial charge in [-0.15, -0.1) is 0 Å². The molecule has 26 heavy (non-hydrogen) atoms. The first-order valence-electron chi connectivity index (χ1n) is 9.42. The molecule has 0 heterocycles. The van der Waals surface area contributed by atoms with Crippen LogP contribution in [0.4, 0.5) is 0 Å². The number of nitrogens with zero attached hydrogens (tertiary/aromatic N) is 1. The molecule has 0 unspecified atom stereocenters. The van der Waals surface area contributed by atoms with Crippen LogP contribution in [0.3, 0.4) is 0 Å². The molecular formula is C20H35N3O3. The zero-order chi connectivity index (χ0) is 19.4. The molecule has 3 N–H and O–H groups in total. The molecule has 1 rings (SSSR count). The number of hydrogen-bond acceptors (Lipinski definition) is 4. The molecule has 148 valence electrons. The molecule has 6 nitrogen and oxygen atoms in total. The third-order valence-corrected chi connectivity index (χ3v) is 5.01. The Morgan fingerprint density at radius 1 is 1.12 bits per heavy atom. The number of ether oxygens (including phenoxy) is 2. The number of aliphatic hydroxyl groups is 1. The molecule has 0 aromatic heterocycles. The topological polar surface area (TPSA) is 75.1 Å². The number of nitrogens with one attached hydrogen (secondary N) is 2. The Kier molecular flexibility index (Phi) is 9.88. The molecule has 1 aromatic carbocycles. The largest absolute Gasteiger partial charge is 0.493 e. The Labute approximate surface area is 158 Å². The van der Waals surface area contributed by atoms with Crippen LogP contribution < -0.4 is 20.1 Å². The Morgan fingerprint density at radius 3 is 2.38 bits per heavy atom. The average Bonchev–Trinajstić information content (AvgIpc) is 2.68. The number of aliphatic imine (C=N–C) groups is 1. The van der Waals surface area contributed by atoms with E-state index < -0.39 is 0 Å². The molecule has 0 radical (unpaired) electrons. The zero-order valence-corrected chi connectivity index (χ0v) is 16.9. The lowest BCUT2D eigenvalue weighted by Gasteiger charge is -2.32. The Morgan fingerprint density at radius 2 is 1.85 bits per heavy atom. The van der Waals surface area contributed by atoms with Crippen molar-refractivity contribution in [3.05, 3.63) is 23.8 Å². The maximum Gasteiger partial charge on any atom is 0.191 e. The van der Waals surface area contributed by atoms with E-state index in [9.17, 15) is 5.11 Å². The van der Waals surface area contributed by atoms with Gasteiger partial charge in [-0.1, -0.05) is 26.0 Å². The average molecular weight is 366 g/mol. The molecule has 0 fully saturated rings. The lowest BCUT2D eigenvalue weighted by atomic mass is 9.79. The Balaban J connectivity index is 2.90. The summed E-state index contributed by atoms with van der Waals surface area (Å²) in [5.41, 5.74) is 1.05. The minimum absolute atomic E-state index is 0.0819. The van der Waals surface area contributed by atoms with E-state index in [2.05, 4.69) is 24.5 Å². The number of hydrogen-bond donors (Lipinski definition) is 3. The van der Waals surface area contributed by atoms with Gasteiger partial charge in [0.15, 0.2) is 17.5 Å². The summed E-state index contributed by atoms with van der Waals surface area (Å²) in [5.74, 6) is 2.19. The fourth-order valence-electron chi connectivity index (χ4n) is 3.03. The molecule has 0 bridgehead atoms. The van der Waals surface area contributed by atoms with Crippen LogP contribution in [0.1, 0.15) is 45.6 Å². The molecule has 1 aromatic rings. The van der Waals surface area contributed by atoms with Gasteiger partial charge < -0.3 is 25.2 Å². The van der Waals surface area contributed by atoms with Gasteiger partial charge in [0.1, 0.15) is 0 Å². The van der Waals surface area contributed by atoms with Crippen LogP contribution >= 0.6 is 0 Å². The number of methoxy groups -OCH3 is 2. The number of para-hydroxylation sites is 1. The summed E-state index contributed by atoms with van der Waals surface area (Å²) in [6.07, 6.45) is 2.82. The molecule has 0 saturated heterocycles. The highest BCUT2D eigenvalue weighted by Crippen LogP contribution is 2.31. The molecule has 0 atom stereocenters. The summed E-state index contributed by atoms with van der Waals surface area (Å²) in [5, 5.41) is 16.1. The predicted octanol–water partition coefficient (Wildman–Crippen LogP) is 2.95. The number of guanidine groups is 1. The van der Waals surface area contributed by atoms with Crippen molar-refractivity contribution in [2.45, 2.75) is 46.6 Å². The first kappa shape index (κ1) is 22.1.